The molecule has 2 nitrogen and oxygen atoms in total. The summed E-state index contributed by atoms with van der Waals surface area (Å²) in [6.07, 6.45) is 2.15. The molecular formula is C16H25NO. The number of rotatable bonds is 9. The van der Waals surface area contributed by atoms with Gasteiger partial charge < -0.3 is 10.1 Å². The van der Waals surface area contributed by atoms with Gasteiger partial charge in [0.1, 0.15) is 0 Å². The van der Waals surface area contributed by atoms with Crippen molar-refractivity contribution < 1.29 is 4.74 Å². The second-order valence-electron chi connectivity index (χ2n) is 4.93. The van der Waals surface area contributed by atoms with Crippen molar-refractivity contribution in [2.75, 3.05) is 19.8 Å². The predicted octanol–water partition coefficient (Wildman–Crippen LogP) is 3.19. The molecule has 0 aliphatic heterocycles. The minimum absolute atomic E-state index is 0.500. The molecule has 2 heteroatoms. The maximum atomic E-state index is 5.61. The molecule has 1 aromatic rings. The zero-order valence-electron chi connectivity index (χ0n) is 11.6. The van der Waals surface area contributed by atoms with E-state index in [-0.39, 0.29) is 0 Å². The highest BCUT2D eigenvalue weighted by molar-refractivity contribution is 5.14. The summed E-state index contributed by atoms with van der Waals surface area (Å²) >= 11 is 0. The van der Waals surface area contributed by atoms with E-state index in [1.54, 1.807) is 0 Å². The van der Waals surface area contributed by atoms with Crippen LogP contribution in [0.25, 0.3) is 0 Å². The Balaban J connectivity index is 2.00. The van der Waals surface area contributed by atoms with Crippen LogP contribution in [0.2, 0.25) is 0 Å². The monoisotopic (exact) mass is 247 g/mol. The Kier molecular flexibility index (Phi) is 7.38. The molecule has 1 rings (SSSR count). The van der Waals surface area contributed by atoms with E-state index in [4.69, 9.17) is 4.74 Å². The van der Waals surface area contributed by atoms with Gasteiger partial charge in [-0.2, -0.15) is 0 Å². The highest BCUT2D eigenvalue weighted by Crippen LogP contribution is 2.02. The molecule has 0 aliphatic carbocycles. The lowest BCUT2D eigenvalue weighted by atomic mass is 10.1. The molecule has 18 heavy (non-hydrogen) atoms. The molecule has 1 N–H and O–H groups in total. The highest BCUT2D eigenvalue weighted by atomic mass is 16.5. The fraction of sp³-hybridized carbons (Fsp3) is 0.500. The van der Waals surface area contributed by atoms with E-state index in [0.29, 0.717) is 12.6 Å². The molecule has 0 heterocycles. The van der Waals surface area contributed by atoms with Crippen LogP contribution in [0.3, 0.4) is 0 Å². The number of nitrogens with one attached hydrogen (secondary N) is 1. The molecule has 0 unspecified atom stereocenters. The molecule has 0 aromatic heterocycles. The Morgan fingerprint density at radius 1 is 1.28 bits per heavy atom. The second-order valence-corrected chi connectivity index (χ2v) is 4.93. The third-order valence-corrected chi connectivity index (χ3v) is 2.66. The molecular weight excluding hydrogens is 222 g/mol. The van der Waals surface area contributed by atoms with Gasteiger partial charge in [-0.3, -0.25) is 0 Å². The molecule has 0 bridgehead atoms. The van der Waals surface area contributed by atoms with Crippen LogP contribution in [0.15, 0.2) is 42.5 Å². The fourth-order valence-electron chi connectivity index (χ4n) is 1.64. The van der Waals surface area contributed by atoms with Gasteiger partial charge in [-0.25, -0.2) is 0 Å². The summed E-state index contributed by atoms with van der Waals surface area (Å²) < 4.78 is 5.61. The van der Waals surface area contributed by atoms with Gasteiger partial charge in [-0.05, 0) is 24.0 Å². The van der Waals surface area contributed by atoms with E-state index in [0.717, 1.165) is 31.6 Å². The normalized spacial score (nSPS) is 10.8. The predicted molar refractivity (Wildman–Crippen MR) is 77.9 cm³/mol. The van der Waals surface area contributed by atoms with Gasteiger partial charge in [0.25, 0.3) is 0 Å². The van der Waals surface area contributed by atoms with Crippen LogP contribution in [0.1, 0.15) is 25.8 Å². The number of hydrogen-bond donors (Lipinski definition) is 1. The topological polar surface area (TPSA) is 21.3 Å². The first-order chi connectivity index (χ1) is 8.68. The molecule has 0 spiro atoms. The summed E-state index contributed by atoms with van der Waals surface area (Å²) in [7, 11) is 0. The van der Waals surface area contributed by atoms with Crippen LogP contribution in [-0.2, 0) is 11.2 Å². The van der Waals surface area contributed by atoms with E-state index in [1.165, 1.54) is 5.56 Å². The lowest BCUT2D eigenvalue weighted by molar-refractivity contribution is 0.152. The fourth-order valence-corrected chi connectivity index (χ4v) is 1.64. The van der Waals surface area contributed by atoms with Crippen molar-refractivity contribution in [1.82, 2.24) is 5.32 Å². The molecule has 0 aliphatic rings. The maximum absolute atomic E-state index is 5.61. The quantitative estimate of drug-likeness (QED) is 0.534. The standard InChI is InChI=1S/C16H25NO/c1-14(2)17-12-15(3)13-18-11-7-10-16-8-5-4-6-9-16/h4-6,8-9,14,17H,3,7,10-13H2,1-2H3. The van der Waals surface area contributed by atoms with Crippen LogP contribution in [0, 0.1) is 0 Å². The van der Waals surface area contributed by atoms with E-state index in [2.05, 4.69) is 50.0 Å². The van der Waals surface area contributed by atoms with Crippen LogP contribution in [-0.4, -0.2) is 25.8 Å². The third kappa shape index (κ3) is 7.25. The molecule has 100 valence electrons. The largest absolute Gasteiger partial charge is 0.377 e. The summed E-state index contributed by atoms with van der Waals surface area (Å²) in [4.78, 5) is 0. The summed E-state index contributed by atoms with van der Waals surface area (Å²) in [5.41, 5.74) is 2.49. The zero-order chi connectivity index (χ0) is 13.2. The van der Waals surface area contributed by atoms with Gasteiger partial charge in [0.05, 0.1) is 6.61 Å². The van der Waals surface area contributed by atoms with Crippen molar-refractivity contribution >= 4 is 0 Å². The molecule has 0 saturated carbocycles. The van der Waals surface area contributed by atoms with Gasteiger partial charge in [0.2, 0.25) is 0 Å². The number of hydrogen-bond acceptors (Lipinski definition) is 2. The molecule has 0 atom stereocenters. The van der Waals surface area contributed by atoms with E-state index < -0.39 is 0 Å². The van der Waals surface area contributed by atoms with Crippen molar-refractivity contribution in [2.24, 2.45) is 0 Å². The molecule has 0 saturated heterocycles. The number of ether oxygens (including phenoxy) is 1. The molecule has 0 fully saturated rings. The summed E-state index contributed by atoms with van der Waals surface area (Å²) in [5.74, 6) is 0. The average molecular weight is 247 g/mol. The van der Waals surface area contributed by atoms with Crippen molar-refractivity contribution in [2.45, 2.75) is 32.7 Å². The first kappa shape index (κ1) is 14.9. The average Bonchev–Trinajstić information content (AvgIpc) is 2.37. The lowest BCUT2D eigenvalue weighted by Crippen LogP contribution is -2.25. The number of aryl methyl sites for hydroxylation is 1. The SMILES string of the molecule is C=C(CNC(C)C)COCCCc1ccccc1. The van der Waals surface area contributed by atoms with Gasteiger partial charge in [0, 0.05) is 19.2 Å². The highest BCUT2D eigenvalue weighted by Gasteiger charge is 1.97. The summed E-state index contributed by atoms with van der Waals surface area (Å²) in [6.45, 7) is 10.6. The van der Waals surface area contributed by atoms with Crippen molar-refractivity contribution in [3.63, 3.8) is 0 Å². The number of benzene rings is 1. The minimum atomic E-state index is 0.500. The van der Waals surface area contributed by atoms with Crippen LogP contribution < -0.4 is 5.32 Å². The van der Waals surface area contributed by atoms with Gasteiger partial charge >= 0.3 is 0 Å². The van der Waals surface area contributed by atoms with Crippen molar-refractivity contribution in [3.8, 4) is 0 Å². The van der Waals surface area contributed by atoms with Crippen molar-refractivity contribution in [3.05, 3.63) is 48.0 Å². The van der Waals surface area contributed by atoms with Gasteiger partial charge in [-0.15, -0.1) is 0 Å². The summed E-state index contributed by atoms with van der Waals surface area (Å²) in [6, 6.07) is 11.0. The van der Waals surface area contributed by atoms with Crippen LogP contribution in [0.4, 0.5) is 0 Å². The Labute approximate surface area is 111 Å². The van der Waals surface area contributed by atoms with Gasteiger partial charge in [0.15, 0.2) is 0 Å². The zero-order valence-corrected chi connectivity index (χ0v) is 11.6. The smallest absolute Gasteiger partial charge is 0.0686 e. The lowest BCUT2D eigenvalue weighted by Gasteiger charge is -2.11. The Bertz CT molecular complexity index is 332. The van der Waals surface area contributed by atoms with Crippen molar-refractivity contribution in [1.29, 1.82) is 0 Å². The Morgan fingerprint density at radius 2 is 2.00 bits per heavy atom. The van der Waals surface area contributed by atoms with E-state index >= 15 is 0 Å². The molecule has 0 amide bonds. The third-order valence-electron chi connectivity index (χ3n) is 2.66. The first-order valence-corrected chi connectivity index (χ1v) is 6.70. The Morgan fingerprint density at radius 3 is 2.67 bits per heavy atom. The second kappa shape index (κ2) is 8.90. The van der Waals surface area contributed by atoms with Crippen LogP contribution in [0.5, 0.6) is 0 Å². The maximum Gasteiger partial charge on any atom is 0.0686 e. The molecule has 1 aromatic carbocycles. The van der Waals surface area contributed by atoms with E-state index in [1.807, 2.05) is 6.07 Å². The first-order valence-electron chi connectivity index (χ1n) is 6.70. The van der Waals surface area contributed by atoms with E-state index in [9.17, 15) is 0 Å². The summed E-state index contributed by atoms with van der Waals surface area (Å²) in [5, 5.41) is 3.33. The Hall–Kier alpha value is -1.12. The van der Waals surface area contributed by atoms with Gasteiger partial charge in [-0.1, -0.05) is 50.8 Å². The van der Waals surface area contributed by atoms with Crippen LogP contribution >= 0.6 is 0 Å². The molecule has 0 radical (unpaired) electrons. The minimum Gasteiger partial charge on any atom is -0.377 e.